The molecule has 10 heteroatoms. The van der Waals surface area contributed by atoms with Crippen molar-refractivity contribution in [2.75, 3.05) is 6.61 Å². The van der Waals surface area contributed by atoms with E-state index in [1.807, 2.05) is 0 Å². The van der Waals surface area contributed by atoms with E-state index >= 15 is 0 Å². The van der Waals surface area contributed by atoms with E-state index in [0.717, 1.165) is 0 Å². The van der Waals surface area contributed by atoms with Gasteiger partial charge in [-0.15, -0.1) is 0 Å². The Bertz CT molecular complexity index is 433. The number of ether oxygens (including phenoxy) is 1. The smallest absolute Gasteiger partial charge is 0.496 e. The van der Waals surface area contributed by atoms with Gasteiger partial charge in [-0.1, -0.05) is 11.5 Å². The summed E-state index contributed by atoms with van der Waals surface area (Å²) in [4.78, 5) is 0. The minimum absolute atomic E-state index is 0. The van der Waals surface area contributed by atoms with Crippen molar-refractivity contribution in [2.45, 2.75) is 19.0 Å². The van der Waals surface area contributed by atoms with Gasteiger partial charge in [-0.2, -0.15) is 13.2 Å². The molecule has 0 aliphatic carbocycles. The molecule has 0 radical (unpaired) electrons. The van der Waals surface area contributed by atoms with E-state index in [2.05, 4.69) is 4.74 Å². The molecule has 0 N–H and O–H groups in total. The van der Waals surface area contributed by atoms with Crippen molar-refractivity contribution >= 4 is 12.4 Å². The van der Waals surface area contributed by atoms with Crippen molar-refractivity contribution < 1.29 is 86.6 Å². The Morgan fingerprint density at radius 2 is 1.70 bits per heavy atom. The topological polar surface area (TPSA) is 9.23 Å². The van der Waals surface area contributed by atoms with Gasteiger partial charge in [0.15, 0.2) is 0 Å². The molecule has 20 heavy (non-hydrogen) atoms. The number of rotatable bonds is 5. The van der Waals surface area contributed by atoms with E-state index in [0.29, 0.717) is 18.2 Å². The van der Waals surface area contributed by atoms with Crippen LogP contribution >= 0.6 is 0 Å². The monoisotopic (exact) mass is 328 g/mol. The first-order valence-corrected chi connectivity index (χ1v) is 5.28. The summed E-state index contributed by atoms with van der Waals surface area (Å²) in [6.07, 6.45) is -6.07. The van der Waals surface area contributed by atoms with Crippen molar-refractivity contribution in [3.8, 4) is 5.75 Å². The molecule has 1 aromatic rings. The van der Waals surface area contributed by atoms with Gasteiger partial charge in [0.25, 0.3) is 0 Å². The fourth-order valence-electron chi connectivity index (χ4n) is 1.36. The standard InChI is InChI=1S/C10H9BF7O.K/c12-7-2-3-8(11(16,17)18)9(6-7)19-5-1-4-10(13,14)15;/h2-3,6H,1,4-5H2;/q-1;+1. The third kappa shape index (κ3) is 7.30. The second-order valence-electron chi connectivity index (χ2n) is 3.82. The summed E-state index contributed by atoms with van der Waals surface area (Å²) in [7, 11) is 0. The molecule has 0 heterocycles. The molecule has 0 aliphatic heterocycles. The second-order valence-corrected chi connectivity index (χ2v) is 3.82. The summed E-state index contributed by atoms with van der Waals surface area (Å²) in [6.45, 7) is -5.98. The largest absolute Gasteiger partial charge is 1.00 e. The van der Waals surface area contributed by atoms with Crippen molar-refractivity contribution in [1.82, 2.24) is 0 Å². The molecule has 0 atom stereocenters. The average Bonchev–Trinajstić information content (AvgIpc) is 2.21. The fourth-order valence-corrected chi connectivity index (χ4v) is 1.36. The number of alkyl halides is 3. The number of hydrogen-bond donors (Lipinski definition) is 0. The Morgan fingerprint density at radius 3 is 2.20 bits per heavy atom. The van der Waals surface area contributed by atoms with Crippen LogP contribution in [0.5, 0.6) is 5.75 Å². The van der Waals surface area contributed by atoms with Crippen LogP contribution in [0.1, 0.15) is 12.8 Å². The maximum Gasteiger partial charge on any atom is 1.00 e. The fraction of sp³-hybridized carbons (Fsp3) is 0.400. The first kappa shape index (κ1) is 20.2. The van der Waals surface area contributed by atoms with Gasteiger partial charge in [0.05, 0.1) is 12.4 Å². The first-order valence-electron chi connectivity index (χ1n) is 5.28. The van der Waals surface area contributed by atoms with Gasteiger partial charge in [-0.3, -0.25) is 0 Å². The van der Waals surface area contributed by atoms with E-state index in [1.54, 1.807) is 0 Å². The van der Waals surface area contributed by atoms with Crippen LogP contribution in [0, 0.1) is 5.82 Å². The molecule has 0 bridgehead atoms. The Labute approximate surface area is 153 Å². The van der Waals surface area contributed by atoms with Gasteiger partial charge in [0.2, 0.25) is 0 Å². The Morgan fingerprint density at radius 1 is 1.10 bits per heavy atom. The molecule has 0 saturated heterocycles. The second kappa shape index (κ2) is 8.02. The van der Waals surface area contributed by atoms with E-state index in [4.69, 9.17) is 0 Å². The zero-order chi connectivity index (χ0) is 14.7. The van der Waals surface area contributed by atoms with Crippen LogP contribution < -0.4 is 61.6 Å². The number of hydrogen-bond acceptors (Lipinski definition) is 1. The van der Waals surface area contributed by atoms with E-state index < -0.39 is 49.6 Å². The normalized spacial score (nSPS) is 11.9. The molecule has 1 nitrogen and oxygen atoms in total. The molecule has 0 unspecified atom stereocenters. The molecule has 1 rings (SSSR count). The maximum atomic E-state index is 12.8. The van der Waals surface area contributed by atoms with Crippen molar-refractivity contribution in [3.63, 3.8) is 0 Å². The van der Waals surface area contributed by atoms with E-state index in [-0.39, 0.29) is 51.4 Å². The molecular formula is C10H9BF7KO. The van der Waals surface area contributed by atoms with Crippen LogP contribution in [0.15, 0.2) is 18.2 Å². The van der Waals surface area contributed by atoms with Gasteiger partial charge in [0.1, 0.15) is 5.82 Å². The van der Waals surface area contributed by atoms with Crippen molar-refractivity contribution in [1.29, 1.82) is 0 Å². The summed E-state index contributed by atoms with van der Waals surface area (Å²) in [6, 6.07) is 1.64. The maximum absolute atomic E-state index is 12.8. The zero-order valence-corrected chi connectivity index (χ0v) is 13.6. The van der Waals surface area contributed by atoms with Gasteiger partial charge in [0, 0.05) is 12.5 Å². The van der Waals surface area contributed by atoms with Gasteiger partial charge in [-0.05, 0) is 12.5 Å². The minimum atomic E-state index is -5.41. The molecule has 0 saturated carbocycles. The molecule has 1 aromatic carbocycles. The predicted octanol–water partition coefficient (Wildman–Crippen LogP) is 0.605. The van der Waals surface area contributed by atoms with Crippen LogP contribution in [-0.4, -0.2) is 19.8 Å². The third-order valence-corrected chi connectivity index (χ3v) is 2.19. The molecule has 0 amide bonds. The van der Waals surface area contributed by atoms with Crippen molar-refractivity contribution in [2.24, 2.45) is 0 Å². The van der Waals surface area contributed by atoms with Crippen LogP contribution in [0.4, 0.5) is 30.5 Å². The summed E-state index contributed by atoms with van der Waals surface area (Å²) in [5, 5.41) is 0. The van der Waals surface area contributed by atoms with Crippen LogP contribution in [0.25, 0.3) is 0 Å². The average molecular weight is 328 g/mol. The molecular weight excluding hydrogens is 319 g/mol. The quantitative estimate of drug-likeness (QED) is 0.437. The number of halogens is 7. The summed E-state index contributed by atoms with van der Waals surface area (Å²) >= 11 is 0. The summed E-state index contributed by atoms with van der Waals surface area (Å²) in [5.74, 6) is -1.73. The summed E-state index contributed by atoms with van der Waals surface area (Å²) < 4.78 is 90.5. The Kier molecular flexibility index (Phi) is 8.11. The molecule has 0 fully saturated rings. The van der Waals surface area contributed by atoms with Crippen LogP contribution in [0.2, 0.25) is 0 Å². The SMILES string of the molecule is Fc1ccc([B-](F)(F)F)c(OCCCC(F)(F)F)c1.[K+]. The van der Waals surface area contributed by atoms with Gasteiger partial charge >= 0.3 is 64.5 Å². The van der Waals surface area contributed by atoms with Gasteiger partial charge < -0.3 is 17.7 Å². The Balaban J connectivity index is 0.00000361. The first-order chi connectivity index (χ1) is 8.59. The van der Waals surface area contributed by atoms with Crippen LogP contribution in [0.3, 0.4) is 0 Å². The molecule has 108 valence electrons. The van der Waals surface area contributed by atoms with E-state index in [9.17, 15) is 30.5 Å². The molecule has 0 spiro atoms. The van der Waals surface area contributed by atoms with Crippen molar-refractivity contribution in [3.05, 3.63) is 24.0 Å². The van der Waals surface area contributed by atoms with Gasteiger partial charge in [-0.25, -0.2) is 4.39 Å². The number of benzene rings is 1. The molecule has 0 aromatic heterocycles. The zero-order valence-electron chi connectivity index (χ0n) is 10.5. The van der Waals surface area contributed by atoms with Crippen LogP contribution in [-0.2, 0) is 0 Å². The predicted molar refractivity (Wildman–Crippen MR) is 55.9 cm³/mol. The Hall–Kier alpha value is 0.231. The molecule has 0 aliphatic rings. The minimum Gasteiger partial charge on any atom is -0.496 e. The third-order valence-electron chi connectivity index (χ3n) is 2.19. The summed E-state index contributed by atoms with van der Waals surface area (Å²) in [5.41, 5.74) is -1.16. The van der Waals surface area contributed by atoms with E-state index in [1.165, 1.54) is 0 Å².